The minimum Gasteiger partial charge on any atom is -0.504 e. The maximum absolute atomic E-state index is 10.8. The van der Waals surface area contributed by atoms with Crippen molar-refractivity contribution in [3.05, 3.63) is 22.2 Å². The van der Waals surface area contributed by atoms with Crippen LogP contribution in [0, 0.1) is 0 Å². The van der Waals surface area contributed by atoms with Crippen molar-refractivity contribution in [1.82, 2.24) is 0 Å². The van der Waals surface area contributed by atoms with E-state index >= 15 is 0 Å². The molecule has 1 aromatic rings. The number of aromatic hydroxyl groups is 1. The van der Waals surface area contributed by atoms with E-state index in [4.69, 9.17) is 16.7 Å². The molecule has 0 atom stereocenters. The summed E-state index contributed by atoms with van der Waals surface area (Å²) in [4.78, 5) is 10.8. The smallest absolute Gasteiger partial charge is 0.504 e. The molecule has 0 saturated heterocycles. The second-order valence-electron chi connectivity index (χ2n) is 6.83. The van der Waals surface area contributed by atoms with Crippen LogP contribution >= 0.6 is 11.6 Å². The number of rotatable bonds is 1. The number of benzene rings is 1. The van der Waals surface area contributed by atoms with Gasteiger partial charge in [0.15, 0.2) is 11.5 Å². The third-order valence-corrected chi connectivity index (χ3v) is 3.38. The van der Waals surface area contributed by atoms with Gasteiger partial charge in [-0.2, -0.15) is 0 Å². The largest absolute Gasteiger partial charge is 0.511 e. The summed E-state index contributed by atoms with van der Waals surface area (Å²) in [5.74, 6) is -0.422. The van der Waals surface area contributed by atoms with Crippen LogP contribution in [0.4, 0.5) is 4.79 Å². The zero-order chi connectivity index (χ0) is 15.9. The highest BCUT2D eigenvalue weighted by Crippen LogP contribution is 2.47. The third kappa shape index (κ3) is 3.37. The van der Waals surface area contributed by atoms with Gasteiger partial charge in [-0.25, -0.2) is 4.79 Å². The molecule has 20 heavy (non-hydrogen) atoms. The van der Waals surface area contributed by atoms with Crippen LogP contribution in [-0.4, -0.2) is 16.4 Å². The van der Waals surface area contributed by atoms with E-state index in [2.05, 4.69) is 4.74 Å². The highest BCUT2D eigenvalue weighted by Gasteiger charge is 2.30. The van der Waals surface area contributed by atoms with Crippen molar-refractivity contribution in [1.29, 1.82) is 0 Å². The molecule has 0 aliphatic carbocycles. The van der Waals surface area contributed by atoms with Gasteiger partial charge in [-0.15, -0.1) is 0 Å². The van der Waals surface area contributed by atoms with E-state index in [1.807, 2.05) is 47.6 Å². The summed E-state index contributed by atoms with van der Waals surface area (Å²) in [6.45, 7) is 11.7. The van der Waals surface area contributed by atoms with Gasteiger partial charge in [0.25, 0.3) is 0 Å². The molecule has 4 nitrogen and oxygen atoms in total. The Morgan fingerprint density at radius 1 is 1.10 bits per heavy atom. The van der Waals surface area contributed by atoms with Crippen molar-refractivity contribution in [2.24, 2.45) is 0 Å². The predicted octanol–water partition coefficient (Wildman–Crippen LogP) is 4.70. The zero-order valence-corrected chi connectivity index (χ0v) is 13.4. The van der Waals surface area contributed by atoms with Gasteiger partial charge in [-0.1, -0.05) is 53.1 Å². The first-order valence-electron chi connectivity index (χ1n) is 6.33. The number of carboxylic acid groups (broad SMARTS) is 1. The SMILES string of the molecule is CC(C)(C)c1cc(C(C)(C)C)c(Cl)c(OC(=O)O)c1O. The molecule has 0 saturated carbocycles. The quantitative estimate of drug-likeness (QED) is 0.583. The van der Waals surface area contributed by atoms with Crippen molar-refractivity contribution in [3.8, 4) is 11.5 Å². The normalized spacial score (nSPS) is 12.3. The zero-order valence-electron chi connectivity index (χ0n) is 12.7. The number of ether oxygens (including phenoxy) is 1. The highest BCUT2D eigenvalue weighted by molar-refractivity contribution is 6.33. The van der Waals surface area contributed by atoms with Crippen LogP contribution in [0.5, 0.6) is 11.5 Å². The molecule has 0 aliphatic heterocycles. The van der Waals surface area contributed by atoms with Crippen molar-refractivity contribution in [3.63, 3.8) is 0 Å². The minimum absolute atomic E-state index is 0.130. The van der Waals surface area contributed by atoms with Gasteiger partial charge in [0.2, 0.25) is 0 Å². The molecule has 0 amide bonds. The van der Waals surface area contributed by atoms with Gasteiger partial charge in [0.05, 0.1) is 5.02 Å². The van der Waals surface area contributed by atoms with E-state index in [0.717, 1.165) is 5.56 Å². The van der Waals surface area contributed by atoms with Gasteiger partial charge in [0.1, 0.15) is 0 Å². The van der Waals surface area contributed by atoms with Crippen LogP contribution in [0.3, 0.4) is 0 Å². The van der Waals surface area contributed by atoms with E-state index < -0.39 is 6.16 Å². The Kier molecular flexibility index (Phi) is 4.30. The van der Waals surface area contributed by atoms with Gasteiger partial charge >= 0.3 is 6.16 Å². The summed E-state index contributed by atoms with van der Waals surface area (Å²) < 4.78 is 4.68. The molecule has 0 aliphatic rings. The first-order valence-corrected chi connectivity index (χ1v) is 6.70. The first-order chi connectivity index (χ1) is 8.85. The monoisotopic (exact) mass is 300 g/mol. The number of hydrogen-bond acceptors (Lipinski definition) is 3. The van der Waals surface area contributed by atoms with Crippen LogP contribution in [0.1, 0.15) is 52.7 Å². The Hall–Kier alpha value is -1.42. The topological polar surface area (TPSA) is 66.8 Å². The van der Waals surface area contributed by atoms with Crippen molar-refractivity contribution < 1.29 is 19.7 Å². The predicted molar refractivity (Wildman–Crippen MR) is 79.2 cm³/mol. The van der Waals surface area contributed by atoms with Crippen molar-refractivity contribution >= 4 is 17.8 Å². The average Bonchev–Trinajstić information content (AvgIpc) is 2.19. The van der Waals surface area contributed by atoms with E-state index in [9.17, 15) is 9.90 Å². The first kappa shape index (κ1) is 16.6. The molecule has 112 valence electrons. The second-order valence-corrected chi connectivity index (χ2v) is 7.21. The molecule has 0 radical (unpaired) electrons. The Morgan fingerprint density at radius 2 is 1.55 bits per heavy atom. The summed E-state index contributed by atoms with van der Waals surface area (Å²) in [5.41, 5.74) is 0.661. The molecule has 0 unspecified atom stereocenters. The van der Waals surface area contributed by atoms with Crippen molar-refractivity contribution in [2.75, 3.05) is 0 Å². The Balaban J connectivity index is 3.70. The molecule has 1 aromatic carbocycles. The molecule has 0 fully saturated rings. The molecular formula is C15H21ClO4. The van der Waals surface area contributed by atoms with Crippen LogP contribution in [0.15, 0.2) is 6.07 Å². The second kappa shape index (κ2) is 5.17. The summed E-state index contributed by atoms with van der Waals surface area (Å²) in [7, 11) is 0. The molecular weight excluding hydrogens is 280 g/mol. The molecule has 1 rings (SSSR count). The maximum Gasteiger partial charge on any atom is 0.511 e. The Morgan fingerprint density at radius 3 is 1.90 bits per heavy atom. The lowest BCUT2D eigenvalue weighted by Crippen LogP contribution is -2.18. The molecule has 0 heterocycles. The standard InChI is InChI=1S/C15H21ClO4/c1-14(2,3)8-7-9(15(4,5)6)11(17)12(10(8)16)20-13(18)19/h7,17H,1-6H3,(H,18,19). The van der Waals surface area contributed by atoms with Crippen LogP contribution in [0.2, 0.25) is 5.02 Å². The number of phenolic OH excluding ortho intramolecular Hbond substituents is 1. The van der Waals surface area contributed by atoms with E-state index in [-0.39, 0.29) is 27.4 Å². The highest BCUT2D eigenvalue weighted by atomic mass is 35.5. The molecule has 2 N–H and O–H groups in total. The van der Waals surface area contributed by atoms with E-state index in [1.165, 1.54) is 0 Å². The lowest BCUT2D eigenvalue weighted by molar-refractivity contribution is 0.142. The van der Waals surface area contributed by atoms with Crippen molar-refractivity contribution in [2.45, 2.75) is 52.4 Å². The lowest BCUT2D eigenvalue weighted by Gasteiger charge is -2.28. The summed E-state index contributed by atoms with van der Waals surface area (Å²) in [6.07, 6.45) is -1.51. The fourth-order valence-electron chi connectivity index (χ4n) is 1.92. The molecule has 5 heteroatoms. The fraction of sp³-hybridized carbons (Fsp3) is 0.533. The summed E-state index contributed by atoms with van der Waals surface area (Å²) in [6, 6.07) is 1.81. The number of phenols is 1. The lowest BCUT2D eigenvalue weighted by atomic mass is 9.80. The number of carbonyl (C=O) groups is 1. The van der Waals surface area contributed by atoms with Crippen LogP contribution in [-0.2, 0) is 10.8 Å². The summed E-state index contributed by atoms with van der Waals surface area (Å²) in [5, 5.41) is 19.2. The van der Waals surface area contributed by atoms with Gasteiger partial charge < -0.3 is 14.9 Å². The summed E-state index contributed by atoms with van der Waals surface area (Å²) >= 11 is 6.22. The Labute approximate surface area is 124 Å². The number of halogens is 1. The van der Waals surface area contributed by atoms with Gasteiger partial charge in [-0.3, -0.25) is 0 Å². The van der Waals surface area contributed by atoms with E-state index in [1.54, 1.807) is 0 Å². The fourth-order valence-corrected chi connectivity index (χ4v) is 2.39. The van der Waals surface area contributed by atoms with Gasteiger partial charge in [0, 0.05) is 5.56 Å². The van der Waals surface area contributed by atoms with E-state index in [0.29, 0.717) is 5.56 Å². The molecule has 0 bridgehead atoms. The number of hydrogen-bond donors (Lipinski definition) is 2. The van der Waals surface area contributed by atoms with Crippen LogP contribution < -0.4 is 4.74 Å². The molecule has 0 aromatic heterocycles. The third-order valence-electron chi connectivity index (χ3n) is 3.00. The Bertz CT molecular complexity index is 498. The minimum atomic E-state index is -1.51. The van der Waals surface area contributed by atoms with Gasteiger partial charge in [-0.05, 0) is 22.5 Å². The van der Waals surface area contributed by atoms with Crippen LogP contribution in [0.25, 0.3) is 0 Å². The average molecular weight is 301 g/mol. The maximum atomic E-state index is 10.8. The molecule has 0 spiro atoms.